The number of carbonyl (C=O) groups excluding carboxylic acids is 1. The van der Waals surface area contributed by atoms with Crippen LogP contribution in [-0.2, 0) is 16.6 Å². The van der Waals surface area contributed by atoms with Gasteiger partial charge in [0.25, 0.3) is 5.91 Å². The number of halogens is 2. The third kappa shape index (κ3) is 4.64. The lowest BCUT2D eigenvalue weighted by molar-refractivity contribution is 0.0952. The van der Waals surface area contributed by atoms with Crippen LogP contribution in [0, 0.1) is 0 Å². The number of rotatable bonds is 8. The fourth-order valence-corrected chi connectivity index (χ4v) is 5.44. The van der Waals surface area contributed by atoms with Crippen molar-refractivity contribution in [3.8, 4) is 0 Å². The van der Waals surface area contributed by atoms with Crippen LogP contribution in [0.1, 0.15) is 29.6 Å². The normalized spacial score (nSPS) is 14.2. The fraction of sp³-hybridized carbons (Fsp3) is 0.286. The Morgan fingerprint density at radius 3 is 2.63 bits per heavy atom. The fourth-order valence-electron chi connectivity index (χ4n) is 3.28. The highest BCUT2D eigenvalue weighted by molar-refractivity contribution is 7.89. The standard InChI is InChI=1S/C21H21Cl2N3O3S/c22-17-13-18(23)20(30(28,29)25-15-6-7-15)12-16(17)21(27)24-9-3-10-26-11-8-14-4-1-2-5-19(14)26/h1-2,4-5,8,11-13,15,25H,3,6-7,9-10H2,(H,24,27). The van der Waals surface area contributed by atoms with E-state index in [0.717, 1.165) is 24.9 Å². The smallest absolute Gasteiger partial charge is 0.252 e. The molecular weight excluding hydrogens is 445 g/mol. The number of para-hydroxylation sites is 1. The second kappa shape index (κ2) is 8.59. The monoisotopic (exact) mass is 465 g/mol. The molecule has 1 aliphatic carbocycles. The van der Waals surface area contributed by atoms with Gasteiger partial charge in [-0.1, -0.05) is 41.4 Å². The first kappa shape index (κ1) is 21.2. The Morgan fingerprint density at radius 1 is 1.10 bits per heavy atom. The number of hydrogen-bond donors (Lipinski definition) is 2. The number of nitrogens with zero attached hydrogens (tertiary/aromatic N) is 1. The number of nitrogens with one attached hydrogen (secondary N) is 2. The number of benzene rings is 2. The molecule has 0 atom stereocenters. The Hall–Kier alpha value is -2.06. The van der Waals surface area contributed by atoms with E-state index in [0.29, 0.717) is 13.0 Å². The second-order valence-corrected chi connectivity index (χ2v) is 9.83. The SMILES string of the molecule is O=C(NCCCn1ccc2ccccc21)c1cc(S(=O)(=O)NC2CC2)c(Cl)cc1Cl. The predicted octanol–water partition coefficient (Wildman–Crippen LogP) is 4.21. The zero-order chi connectivity index (χ0) is 21.3. The summed E-state index contributed by atoms with van der Waals surface area (Å²) in [5, 5.41) is 4.08. The number of aromatic nitrogens is 1. The van der Waals surface area contributed by atoms with E-state index in [-0.39, 0.29) is 26.5 Å². The van der Waals surface area contributed by atoms with Crippen molar-refractivity contribution in [2.24, 2.45) is 0 Å². The van der Waals surface area contributed by atoms with Crippen molar-refractivity contribution >= 4 is 50.0 Å². The van der Waals surface area contributed by atoms with Crippen LogP contribution >= 0.6 is 23.2 Å². The van der Waals surface area contributed by atoms with Gasteiger partial charge in [-0.3, -0.25) is 4.79 Å². The first-order valence-electron chi connectivity index (χ1n) is 9.68. The number of hydrogen-bond acceptors (Lipinski definition) is 3. The van der Waals surface area contributed by atoms with E-state index in [4.69, 9.17) is 23.2 Å². The van der Waals surface area contributed by atoms with Crippen LogP contribution in [0.15, 0.2) is 53.6 Å². The summed E-state index contributed by atoms with van der Waals surface area (Å²) in [6, 6.07) is 12.6. The lowest BCUT2D eigenvalue weighted by Crippen LogP contribution is -2.28. The van der Waals surface area contributed by atoms with Gasteiger partial charge in [0.2, 0.25) is 10.0 Å². The Kier molecular flexibility index (Phi) is 6.06. The molecule has 30 heavy (non-hydrogen) atoms. The van der Waals surface area contributed by atoms with Crippen molar-refractivity contribution in [1.82, 2.24) is 14.6 Å². The molecule has 9 heteroatoms. The molecule has 0 spiro atoms. The zero-order valence-electron chi connectivity index (χ0n) is 16.1. The molecule has 1 aromatic heterocycles. The van der Waals surface area contributed by atoms with Crippen molar-refractivity contribution in [1.29, 1.82) is 0 Å². The molecule has 6 nitrogen and oxygen atoms in total. The maximum atomic E-state index is 12.6. The summed E-state index contributed by atoms with van der Waals surface area (Å²) in [7, 11) is -3.80. The van der Waals surface area contributed by atoms with Crippen LogP contribution in [0.25, 0.3) is 10.9 Å². The van der Waals surface area contributed by atoms with E-state index in [2.05, 4.69) is 32.8 Å². The molecule has 0 radical (unpaired) electrons. The topological polar surface area (TPSA) is 80.2 Å². The van der Waals surface area contributed by atoms with Gasteiger partial charge in [-0.05, 0) is 48.9 Å². The number of aryl methyl sites for hydroxylation is 1. The maximum Gasteiger partial charge on any atom is 0.252 e. The first-order valence-corrected chi connectivity index (χ1v) is 11.9. The van der Waals surface area contributed by atoms with Gasteiger partial charge in [-0.25, -0.2) is 13.1 Å². The highest BCUT2D eigenvalue weighted by Crippen LogP contribution is 2.30. The highest BCUT2D eigenvalue weighted by Gasteiger charge is 2.30. The lowest BCUT2D eigenvalue weighted by Gasteiger charge is -2.12. The Morgan fingerprint density at radius 2 is 1.87 bits per heavy atom. The average Bonchev–Trinajstić information content (AvgIpc) is 3.41. The molecule has 2 aromatic carbocycles. The molecule has 1 heterocycles. The largest absolute Gasteiger partial charge is 0.352 e. The summed E-state index contributed by atoms with van der Waals surface area (Å²) in [6.07, 6.45) is 4.33. The van der Waals surface area contributed by atoms with Crippen molar-refractivity contribution in [3.05, 3.63) is 64.3 Å². The number of fused-ring (bicyclic) bond motifs is 1. The van der Waals surface area contributed by atoms with Gasteiger partial charge in [0.15, 0.2) is 0 Å². The lowest BCUT2D eigenvalue weighted by atomic mass is 10.2. The van der Waals surface area contributed by atoms with Gasteiger partial charge < -0.3 is 9.88 Å². The summed E-state index contributed by atoms with van der Waals surface area (Å²) in [6.45, 7) is 1.17. The summed E-state index contributed by atoms with van der Waals surface area (Å²) in [5.74, 6) is -0.433. The van der Waals surface area contributed by atoms with E-state index in [9.17, 15) is 13.2 Å². The third-order valence-corrected chi connectivity index (χ3v) is 7.29. The van der Waals surface area contributed by atoms with Gasteiger partial charge in [0.1, 0.15) is 4.90 Å². The van der Waals surface area contributed by atoms with Crippen molar-refractivity contribution in [2.75, 3.05) is 6.54 Å². The minimum Gasteiger partial charge on any atom is -0.352 e. The van der Waals surface area contributed by atoms with E-state index < -0.39 is 15.9 Å². The summed E-state index contributed by atoms with van der Waals surface area (Å²) >= 11 is 12.2. The quantitative estimate of drug-likeness (QED) is 0.488. The summed E-state index contributed by atoms with van der Waals surface area (Å²) in [4.78, 5) is 12.5. The van der Waals surface area contributed by atoms with E-state index in [1.807, 2.05) is 18.3 Å². The number of amides is 1. The van der Waals surface area contributed by atoms with E-state index >= 15 is 0 Å². The first-order chi connectivity index (χ1) is 14.3. The number of carbonyl (C=O) groups is 1. The van der Waals surface area contributed by atoms with Gasteiger partial charge in [0.05, 0.1) is 15.6 Å². The van der Waals surface area contributed by atoms with E-state index in [1.165, 1.54) is 17.5 Å². The molecule has 0 aliphatic heterocycles. The van der Waals surface area contributed by atoms with Crippen LogP contribution in [0.3, 0.4) is 0 Å². The third-order valence-electron chi connectivity index (χ3n) is 5.00. The molecule has 3 aromatic rings. The molecule has 0 bridgehead atoms. The molecule has 4 rings (SSSR count). The van der Waals surface area contributed by atoms with Gasteiger partial charge in [-0.15, -0.1) is 0 Å². The van der Waals surface area contributed by atoms with Gasteiger partial charge in [-0.2, -0.15) is 0 Å². The van der Waals surface area contributed by atoms with Crippen molar-refractivity contribution < 1.29 is 13.2 Å². The molecule has 1 fully saturated rings. The van der Waals surface area contributed by atoms with Crippen LogP contribution in [-0.4, -0.2) is 31.5 Å². The maximum absolute atomic E-state index is 12.6. The minimum atomic E-state index is -3.80. The Bertz CT molecular complexity index is 1200. The molecule has 1 aliphatic rings. The average molecular weight is 466 g/mol. The molecule has 158 valence electrons. The Balaban J connectivity index is 1.41. The summed E-state index contributed by atoms with van der Waals surface area (Å²) in [5.41, 5.74) is 1.23. The van der Waals surface area contributed by atoms with Gasteiger partial charge in [0, 0.05) is 30.8 Å². The predicted molar refractivity (Wildman–Crippen MR) is 119 cm³/mol. The van der Waals surface area contributed by atoms with Gasteiger partial charge >= 0.3 is 0 Å². The van der Waals surface area contributed by atoms with Crippen LogP contribution in [0.2, 0.25) is 10.0 Å². The second-order valence-electron chi connectivity index (χ2n) is 7.34. The molecule has 1 amide bonds. The van der Waals surface area contributed by atoms with Crippen LogP contribution in [0.4, 0.5) is 0 Å². The molecule has 0 saturated heterocycles. The number of sulfonamides is 1. The summed E-state index contributed by atoms with van der Waals surface area (Å²) < 4.78 is 29.7. The van der Waals surface area contributed by atoms with Crippen LogP contribution in [0.5, 0.6) is 0 Å². The van der Waals surface area contributed by atoms with Crippen molar-refractivity contribution in [3.63, 3.8) is 0 Å². The minimum absolute atomic E-state index is 0.0100. The van der Waals surface area contributed by atoms with Crippen molar-refractivity contribution in [2.45, 2.75) is 36.7 Å². The Labute approximate surface area is 185 Å². The van der Waals surface area contributed by atoms with E-state index in [1.54, 1.807) is 0 Å². The molecule has 0 unspecified atom stereocenters. The molecule has 2 N–H and O–H groups in total. The van der Waals surface area contributed by atoms with Crippen LogP contribution < -0.4 is 10.0 Å². The molecular formula is C21H21Cl2N3O3S. The highest BCUT2D eigenvalue weighted by atomic mass is 35.5. The molecule has 1 saturated carbocycles. The zero-order valence-corrected chi connectivity index (χ0v) is 18.4.